The normalized spacial score (nSPS) is 16.1. The third kappa shape index (κ3) is 2.74. The van der Waals surface area contributed by atoms with Gasteiger partial charge >= 0.3 is 0 Å². The standard InChI is InChI=1S/C14H19NO6/c1-18-10-4-9(5-11(19-2)12(10)20-3)13-15-14(6-16,7-17)8-21-13/h4-5,16-17H,6-8H2,1-3H3. The van der Waals surface area contributed by atoms with Crippen LogP contribution in [0.2, 0.25) is 0 Å². The van der Waals surface area contributed by atoms with Crippen molar-refractivity contribution in [3.8, 4) is 17.2 Å². The van der Waals surface area contributed by atoms with E-state index in [0.29, 0.717) is 28.7 Å². The molecule has 0 fully saturated rings. The van der Waals surface area contributed by atoms with Gasteiger partial charge in [-0.15, -0.1) is 0 Å². The molecule has 1 aliphatic heterocycles. The summed E-state index contributed by atoms with van der Waals surface area (Å²) in [6, 6.07) is 3.40. The largest absolute Gasteiger partial charge is 0.493 e. The highest BCUT2D eigenvalue weighted by Crippen LogP contribution is 2.39. The molecule has 116 valence electrons. The molecule has 21 heavy (non-hydrogen) atoms. The molecule has 0 aliphatic carbocycles. The Kier molecular flexibility index (Phi) is 4.54. The Labute approximate surface area is 122 Å². The number of ether oxygens (including phenoxy) is 4. The highest BCUT2D eigenvalue weighted by atomic mass is 16.5. The van der Waals surface area contributed by atoms with Crippen LogP contribution in [0, 0.1) is 0 Å². The zero-order valence-corrected chi connectivity index (χ0v) is 12.3. The van der Waals surface area contributed by atoms with Crippen LogP contribution in [0.1, 0.15) is 5.56 Å². The molecule has 0 saturated carbocycles. The van der Waals surface area contributed by atoms with Crippen LogP contribution in [0.3, 0.4) is 0 Å². The van der Waals surface area contributed by atoms with Crippen LogP contribution in [0.25, 0.3) is 0 Å². The highest BCUT2D eigenvalue weighted by Gasteiger charge is 2.36. The van der Waals surface area contributed by atoms with Crippen LogP contribution in [0.15, 0.2) is 17.1 Å². The van der Waals surface area contributed by atoms with Gasteiger partial charge in [0.2, 0.25) is 11.6 Å². The van der Waals surface area contributed by atoms with Crippen molar-refractivity contribution in [1.29, 1.82) is 0 Å². The number of hydrogen-bond donors (Lipinski definition) is 2. The van der Waals surface area contributed by atoms with Crippen molar-refractivity contribution in [3.63, 3.8) is 0 Å². The lowest BCUT2D eigenvalue weighted by atomic mass is 10.1. The second-order valence-electron chi connectivity index (χ2n) is 4.66. The van der Waals surface area contributed by atoms with Crippen LogP contribution in [0.4, 0.5) is 0 Å². The molecule has 1 aliphatic rings. The van der Waals surface area contributed by atoms with Gasteiger partial charge in [0.1, 0.15) is 12.1 Å². The number of aliphatic hydroxyl groups excluding tert-OH is 2. The first-order chi connectivity index (χ1) is 10.1. The third-order valence-electron chi connectivity index (χ3n) is 3.32. The smallest absolute Gasteiger partial charge is 0.217 e. The van der Waals surface area contributed by atoms with E-state index in [0.717, 1.165) is 0 Å². The first-order valence-corrected chi connectivity index (χ1v) is 6.37. The molecular formula is C14H19NO6. The molecule has 0 bridgehead atoms. The molecule has 0 radical (unpaired) electrons. The van der Waals surface area contributed by atoms with Gasteiger partial charge in [-0.05, 0) is 12.1 Å². The molecule has 0 unspecified atom stereocenters. The van der Waals surface area contributed by atoms with Gasteiger partial charge in [0, 0.05) is 5.56 Å². The fraction of sp³-hybridized carbons (Fsp3) is 0.500. The zero-order chi connectivity index (χ0) is 15.5. The van der Waals surface area contributed by atoms with Crippen LogP contribution < -0.4 is 14.2 Å². The van der Waals surface area contributed by atoms with Gasteiger partial charge in [-0.3, -0.25) is 0 Å². The Morgan fingerprint density at radius 2 is 1.67 bits per heavy atom. The van der Waals surface area contributed by atoms with E-state index < -0.39 is 5.54 Å². The number of nitrogens with zero attached hydrogens (tertiary/aromatic N) is 1. The van der Waals surface area contributed by atoms with Crippen molar-refractivity contribution in [1.82, 2.24) is 0 Å². The number of methoxy groups -OCH3 is 3. The van der Waals surface area contributed by atoms with Crippen molar-refractivity contribution < 1.29 is 29.2 Å². The lowest BCUT2D eigenvalue weighted by Crippen LogP contribution is -2.37. The van der Waals surface area contributed by atoms with E-state index in [1.54, 1.807) is 12.1 Å². The minimum atomic E-state index is -1.00. The third-order valence-corrected chi connectivity index (χ3v) is 3.32. The second-order valence-corrected chi connectivity index (χ2v) is 4.66. The van der Waals surface area contributed by atoms with Crippen molar-refractivity contribution in [3.05, 3.63) is 17.7 Å². The summed E-state index contributed by atoms with van der Waals surface area (Å²) in [5.41, 5.74) is -0.385. The quantitative estimate of drug-likeness (QED) is 0.780. The first-order valence-electron chi connectivity index (χ1n) is 6.37. The Morgan fingerprint density at radius 1 is 1.10 bits per heavy atom. The molecule has 0 saturated heterocycles. The molecule has 0 spiro atoms. The van der Waals surface area contributed by atoms with Crippen molar-refractivity contribution in [2.24, 2.45) is 4.99 Å². The maximum Gasteiger partial charge on any atom is 0.217 e. The van der Waals surface area contributed by atoms with Crippen LogP contribution in [-0.4, -0.2) is 62.8 Å². The fourth-order valence-electron chi connectivity index (χ4n) is 2.05. The molecular weight excluding hydrogens is 278 g/mol. The predicted molar refractivity (Wildman–Crippen MR) is 75.5 cm³/mol. The Bertz CT molecular complexity index is 513. The Morgan fingerprint density at radius 3 is 2.05 bits per heavy atom. The molecule has 1 heterocycles. The van der Waals surface area contributed by atoms with Gasteiger partial charge in [-0.25, -0.2) is 4.99 Å². The minimum absolute atomic E-state index is 0.117. The monoisotopic (exact) mass is 297 g/mol. The average molecular weight is 297 g/mol. The van der Waals surface area contributed by atoms with Gasteiger partial charge in [0.15, 0.2) is 11.5 Å². The van der Waals surface area contributed by atoms with Gasteiger partial charge in [-0.1, -0.05) is 0 Å². The number of aliphatic hydroxyl groups is 2. The summed E-state index contributed by atoms with van der Waals surface area (Å²) < 4.78 is 21.3. The van der Waals surface area contributed by atoms with E-state index in [4.69, 9.17) is 18.9 Å². The van der Waals surface area contributed by atoms with E-state index in [2.05, 4.69) is 4.99 Å². The molecule has 7 nitrogen and oxygen atoms in total. The number of hydrogen-bond acceptors (Lipinski definition) is 7. The topological polar surface area (TPSA) is 89.7 Å². The number of aliphatic imine (C=N–C) groups is 1. The summed E-state index contributed by atoms with van der Waals surface area (Å²) in [6.45, 7) is -0.471. The zero-order valence-electron chi connectivity index (χ0n) is 12.3. The molecule has 7 heteroatoms. The van der Waals surface area contributed by atoms with E-state index >= 15 is 0 Å². The van der Waals surface area contributed by atoms with E-state index in [1.807, 2.05) is 0 Å². The van der Waals surface area contributed by atoms with Gasteiger partial charge in [0.25, 0.3) is 0 Å². The fourth-order valence-corrected chi connectivity index (χ4v) is 2.05. The highest BCUT2D eigenvalue weighted by molar-refractivity contribution is 5.96. The summed E-state index contributed by atoms with van der Waals surface area (Å²) in [4.78, 5) is 4.28. The molecule has 1 aromatic rings. The molecule has 1 aromatic carbocycles. The maximum absolute atomic E-state index is 9.35. The summed E-state index contributed by atoms with van der Waals surface area (Å²) in [5, 5.41) is 18.7. The molecule has 0 atom stereocenters. The number of rotatable bonds is 6. The lowest BCUT2D eigenvalue weighted by Gasteiger charge is -2.16. The van der Waals surface area contributed by atoms with Gasteiger partial charge < -0.3 is 29.2 Å². The average Bonchev–Trinajstić information content (AvgIpc) is 2.98. The second kappa shape index (κ2) is 6.19. The van der Waals surface area contributed by atoms with Crippen molar-refractivity contribution >= 4 is 5.90 Å². The molecule has 0 aromatic heterocycles. The van der Waals surface area contributed by atoms with Gasteiger partial charge in [-0.2, -0.15) is 0 Å². The SMILES string of the molecule is COc1cc(C2=NC(CO)(CO)CO2)cc(OC)c1OC. The first kappa shape index (κ1) is 15.4. The lowest BCUT2D eigenvalue weighted by molar-refractivity contribution is 0.0977. The summed E-state index contributed by atoms with van der Waals surface area (Å²) in [6.07, 6.45) is 0. The minimum Gasteiger partial charge on any atom is -0.493 e. The van der Waals surface area contributed by atoms with E-state index in [9.17, 15) is 10.2 Å². The molecule has 0 amide bonds. The summed E-state index contributed by atoms with van der Waals surface area (Å²) >= 11 is 0. The van der Waals surface area contributed by atoms with Gasteiger partial charge in [0.05, 0.1) is 34.5 Å². The van der Waals surface area contributed by atoms with Crippen LogP contribution >= 0.6 is 0 Å². The van der Waals surface area contributed by atoms with E-state index in [-0.39, 0.29) is 19.8 Å². The molecule has 2 rings (SSSR count). The molecule has 2 N–H and O–H groups in total. The van der Waals surface area contributed by atoms with Crippen molar-refractivity contribution in [2.45, 2.75) is 5.54 Å². The van der Waals surface area contributed by atoms with E-state index in [1.165, 1.54) is 21.3 Å². The predicted octanol–water partition coefficient (Wildman–Crippen LogP) is 0.213. The summed E-state index contributed by atoms with van der Waals surface area (Å²) in [5.74, 6) is 1.74. The number of benzene rings is 1. The van der Waals surface area contributed by atoms with Crippen LogP contribution in [-0.2, 0) is 4.74 Å². The van der Waals surface area contributed by atoms with Crippen molar-refractivity contribution in [2.75, 3.05) is 41.2 Å². The Balaban J connectivity index is 2.46. The summed E-state index contributed by atoms with van der Waals surface area (Å²) in [7, 11) is 4.56. The van der Waals surface area contributed by atoms with Crippen LogP contribution in [0.5, 0.6) is 17.2 Å². The Hall–Kier alpha value is -1.99. The maximum atomic E-state index is 9.35.